The molecule has 0 bridgehead atoms. The number of alkyl halides is 1. The highest BCUT2D eigenvalue weighted by atomic mass is 79.9. The molecule has 0 saturated heterocycles. The minimum absolute atomic E-state index is 0.0164. The highest BCUT2D eigenvalue weighted by molar-refractivity contribution is 9.09. The van der Waals surface area contributed by atoms with E-state index in [0.29, 0.717) is 0 Å². The van der Waals surface area contributed by atoms with E-state index >= 15 is 0 Å². The molecule has 1 unspecified atom stereocenters. The Bertz CT molecular complexity index is 658. The Morgan fingerprint density at radius 2 is 1.25 bits per heavy atom. The second kappa shape index (κ2) is 22.7. The molecule has 0 aromatic heterocycles. The van der Waals surface area contributed by atoms with Gasteiger partial charge in [0, 0.05) is 11.4 Å². The van der Waals surface area contributed by atoms with Gasteiger partial charge in [0.1, 0.15) is 0 Å². The van der Waals surface area contributed by atoms with Crippen LogP contribution in [0.15, 0.2) is 30.3 Å². The van der Waals surface area contributed by atoms with Gasteiger partial charge in [-0.3, -0.25) is 9.42 Å². The highest BCUT2D eigenvalue weighted by Crippen LogP contribution is 2.36. The fourth-order valence-corrected chi connectivity index (χ4v) is 5.49. The molecule has 0 saturated carbocycles. The summed E-state index contributed by atoms with van der Waals surface area (Å²) in [6, 6.07) is 10.5. The van der Waals surface area contributed by atoms with Crippen molar-refractivity contribution in [2.75, 3.05) is 19.7 Å². The lowest BCUT2D eigenvalue weighted by molar-refractivity contribution is 0.190. The van der Waals surface area contributed by atoms with E-state index in [1.54, 1.807) is 0 Å². The summed E-state index contributed by atoms with van der Waals surface area (Å²) in [4.78, 5) is 20.2. The molecular weight excluding hydrogens is 537 g/mol. The van der Waals surface area contributed by atoms with Crippen LogP contribution in [0.1, 0.15) is 122 Å². The Morgan fingerprint density at radius 1 is 0.778 bits per heavy atom. The van der Waals surface area contributed by atoms with E-state index in [-0.39, 0.29) is 11.4 Å². The first kappa shape index (κ1) is 33.8. The summed E-state index contributed by atoms with van der Waals surface area (Å²) in [5.41, 5.74) is 1.30. The molecule has 0 spiro atoms. The van der Waals surface area contributed by atoms with Crippen molar-refractivity contribution in [1.82, 2.24) is 4.90 Å². The summed E-state index contributed by atoms with van der Waals surface area (Å²) in [7, 11) is -4.41. The predicted molar refractivity (Wildman–Crippen MR) is 157 cm³/mol. The van der Waals surface area contributed by atoms with E-state index in [1.807, 2.05) is 6.07 Å². The van der Waals surface area contributed by atoms with Gasteiger partial charge in [0.05, 0.1) is 6.61 Å². The third kappa shape index (κ3) is 21.8. The molecule has 0 amide bonds. The van der Waals surface area contributed by atoms with Crippen molar-refractivity contribution < 1.29 is 18.9 Å². The van der Waals surface area contributed by atoms with E-state index in [0.717, 1.165) is 26.1 Å². The lowest BCUT2D eigenvalue weighted by Crippen LogP contribution is -2.28. The maximum Gasteiger partial charge on any atom is 0.469 e. The van der Waals surface area contributed by atoms with Gasteiger partial charge in [-0.15, -0.1) is 0 Å². The quantitative estimate of drug-likeness (QED) is 0.0676. The average molecular weight is 591 g/mol. The minimum atomic E-state index is -4.41. The Balaban J connectivity index is 2.10. The number of nitrogens with zero attached hydrogens (tertiary/aromatic N) is 1. The third-order valence-electron chi connectivity index (χ3n) is 6.76. The van der Waals surface area contributed by atoms with Gasteiger partial charge in [0.2, 0.25) is 0 Å². The largest absolute Gasteiger partial charge is 0.469 e. The number of unbranched alkanes of at least 4 members (excludes halogenated alkanes) is 15. The van der Waals surface area contributed by atoms with Crippen LogP contribution in [0.2, 0.25) is 0 Å². The summed E-state index contributed by atoms with van der Waals surface area (Å²) in [6.45, 7) is 5.12. The molecule has 0 aliphatic heterocycles. The van der Waals surface area contributed by atoms with Crippen molar-refractivity contribution in [1.29, 1.82) is 0 Å². The van der Waals surface area contributed by atoms with Crippen LogP contribution < -0.4 is 0 Å². The summed E-state index contributed by atoms with van der Waals surface area (Å²) in [5.74, 6) is 0. The number of benzene rings is 1. The molecule has 210 valence electrons. The van der Waals surface area contributed by atoms with Crippen molar-refractivity contribution in [3.63, 3.8) is 0 Å². The first-order valence-electron chi connectivity index (χ1n) is 14.5. The molecule has 0 aliphatic carbocycles. The molecule has 1 rings (SSSR count). The van der Waals surface area contributed by atoms with E-state index in [1.165, 1.54) is 108 Å². The van der Waals surface area contributed by atoms with Crippen molar-refractivity contribution in [3.05, 3.63) is 35.9 Å². The molecule has 0 heterocycles. The van der Waals surface area contributed by atoms with Crippen molar-refractivity contribution in [3.8, 4) is 0 Å². The second-order valence-corrected chi connectivity index (χ2v) is 12.8. The number of hydrogen-bond donors (Lipinski definition) is 2. The zero-order chi connectivity index (χ0) is 26.3. The molecule has 1 aromatic rings. The number of halogens is 1. The molecule has 7 heteroatoms. The third-order valence-corrected chi connectivity index (χ3v) is 7.97. The van der Waals surface area contributed by atoms with Crippen LogP contribution in [-0.4, -0.2) is 39.2 Å². The van der Waals surface area contributed by atoms with E-state index in [4.69, 9.17) is 9.79 Å². The first-order chi connectivity index (χ1) is 17.4. The van der Waals surface area contributed by atoms with Crippen molar-refractivity contribution in [2.24, 2.45) is 0 Å². The molecule has 1 aromatic carbocycles. The number of phosphoric ester groups is 1. The summed E-state index contributed by atoms with van der Waals surface area (Å²) in [5, 5.41) is 0. The normalized spacial score (nSPS) is 12.9. The Morgan fingerprint density at radius 3 is 1.72 bits per heavy atom. The first-order valence-corrected chi connectivity index (χ1v) is 17.0. The van der Waals surface area contributed by atoms with E-state index < -0.39 is 7.82 Å². The Hall–Kier alpha value is -0.230. The average Bonchev–Trinajstić information content (AvgIpc) is 2.85. The van der Waals surface area contributed by atoms with Crippen LogP contribution >= 0.6 is 23.8 Å². The standard InChI is InChI=1S/C29H53BrNO4P/c1-2-3-4-5-6-7-8-9-10-11-12-13-14-15-16-20-24-31(26-28-21-18-17-19-22-28)25-23-29(30)27-35-36(32,33)34/h17-19,21-22,29H,2-16,20,23-27H2,1H3,(H2,32,33,34). The summed E-state index contributed by atoms with van der Waals surface area (Å²) in [6.07, 6.45) is 22.8. The molecule has 0 aliphatic rings. The second-order valence-electron chi connectivity index (χ2n) is 10.2. The summed E-state index contributed by atoms with van der Waals surface area (Å²) >= 11 is 3.50. The SMILES string of the molecule is CCCCCCCCCCCCCCCCCCN(CCC(Br)COP(=O)(O)O)Cc1ccccc1. The maximum atomic E-state index is 10.9. The van der Waals surface area contributed by atoms with Gasteiger partial charge in [-0.05, 0) is 31.5 Å². The molecule has 2 N–H and O–H groups in total. The fraction of sp³-hybridized carbons (Fsp3) is 0.793. The minimum Gasteiger partial charge on any atom is -0.303 e. The van der Waals surface area contributed by atoms with Gasteiger partial charge in [0.15, 0.2) is 0 Å². The summed E-state index contributed by atoms with van der Waals surface area (Å²) < 4.78 is 15.6. The molecule has 36 heavy (non-hydrogen) atoms. The van der Waals surface area contributed by atoms with Crippen LogP contribution in [0.5, 0.6) is 0 Å². The van der Waals surface area contributed by atoms with E-state index in [2.05, 4.69) is 56.5 Å². The molecule has 5 nitrogen and oxygen atoms in total. The van der Waals surface area contributed by atoms with Gasteiger partial charge < -0.3 is 9.79 Å². The number of rotatable bonds is 25. The van der Waals surface area contributed by atoms with Crippen LogP contribution in [0.25, 0.3) is 0 Å². The lowest BCUT2D eigenvalue weighted by Gasteiger charge is -2.24. The maximum absolute atomic E-state index is 10.9. The van der Waals surface area contributed by atoms with Gasteiger partial charge in [-0.2, -0.15) is 0 Å². The number of phosphoric acid groups is 1. The molecular formula is C29H53BrNO4P. The zero-order valence-electron chi connectivity index (χ0n) is 22.8. The van der Waals surface area contributed by atoms with E-state index in [9.17, 15) is 4.57 Å². The van der Waals surface area contributed by atoms with Crippen LogP contribution in [0.4, 0.5) is 0 Å². The molecule has 0 radical (unpaired) electrons. The van der Waals surface area contributed by atoms with Crippen LogP contribution in [0.3, 0.4) is 0 Å². The fourth-order valence-electron chi connectivity index (χ4n) is 4.58. The van der Waals surface area contributed by atoms with Crippen molar-refractivity contribution in [2.45, 2.75) is 127 Å². The Kier molecular flexibility index (Phi) is 21.3. The van der Waals surface area contributed by atoms with Crippen molar-refractivity contribution >= 4 is 23.8 Å². The highest BCUT2D eigenvalue weighted by Gasteiger charge is 2.17. The molecule has 1 atom stereocenters. The molecule has 0 fully saturated rings. The number of hydrogen-bond acceptors (Lipinski definition) is 3. The van der Waals surface area contributed by atoms with Gasteiger partial charge in [-0.1, -0.05) is 149 Å². The topological polar surface area (TPSA) is 70.0 Å². The lowest BCUT2D eigenvalue weighted by atomic mass is 10.0. The van der Waals surface area contributed by atoms with Crippen LogP contribution in [0, 0.1) is 0 Å². The van der Waals surface area contributed by atoms with Gasteiger partial charge >= 0.3 is 7.82 Å². The van der Waals surface area contributed by atoms with Gasteiger partial charge in [-0.25, -0.2) is 4.57 Å². The Labute approximate surface area is 230 Å². The van der Waals surface area contributed by atoms with Crippen LogP contribution in [-0.2, 0) is 15.6 Å². The monoisotopic (exact) mass is 589 g/mol. The van der Waals surface area contributed by atoms with Gasteiger partial charge in [0.25, 0.3) is 0 Å². The zero-order valence-corrected chi connectivity index (χ0v) is 25.3. The predicted octanol–water partition coefficient (Wildman–Crippen LogP) is 9.01. The smallest absolute Gasteiger partial charge is 0.303 e.